The molecule has 0 bridgehead atoms. The molecule has 0 unspecified atom stereocenters. The van der Waals surface area contributed by atoms with Crippen LogP contribution in [0.3, 0.4) is 0 Å². The third kappa shape index (κ3) is 14.9. The Morgan fingerprint density at radius 2 is 1.48 bits per heavy atom. The maximum atomic E-state index is 12.2. The summed E-state index contributed by atoms with van der Waals surface area (Å²) in [7, 11) is -3.41. The van der Waals surface area contributed by atoms with Crippen LogP contribution in [0.5, 0.6) is 5.75 Å². The molecular formula is C25H40NNaO5S. The number of carbonyl (C=O) groups excluding carboxylic acids is 1. The van der Waals surface area contributed by atoms with Crippen molar-refractivity contribution in [2.75, 3.05) is 12.4 Å². The van der Waals surface area contributed by atoms with E-state index in [4.69, 9.17) is 4.74 Å². The number of ether oxygens (including phenoxy) is 1. The van der Waals surface area contributed by atoms with Gasteiger partial charge in [0.2, 0.25) is 5.91 Å². The smallest absolute Gasteiger partial charge is 0.744 e. The van der Waals surface area contributed by atoms with Crippen LogP contribution in [0.1, 0.15) is 96.8 Å². The van der Waals surface area contributed by atoms with Gasteiger partial charge in [-0.3, -0.25) is 4.79 Å². The van der Waals surface area contributed by atoms with Crippen LogP contribution in [0.2, 0.25) is 0 Å². The van der Waals surface area contributed by atoms with Crippen molar-refractivity contribution in [3.05, 3.63) is 30.4 Å². The first-order valence-electron chi connectivity index (χ1n) is 12.0. The molecule has 1 amide bonds. The molecule has 0 atom stereocenters. The number of hydrogen-bond donors (Lipinski definition) is 1. The van der Waals surface area contributed by atoms with Crippen molar-refractivity contribution in [1.29, 1.82) is 0 Å². The standard InChI is InChI=1S/C25H41NO5S.Na/c1-3-4-5-6-7-8-9-10-11-12-13-14-15-16-17-21-24(27)26-22-19-18-20-23(25(22)31-2)32(28,29)30;/h10-11,18-20H,3-9,12-17,21H2,1-2H3,(H,26,27)(H,28,29,30);/q;+1/p-1/b11-10-;. The van der Waals surface area contributed by atoms with Crippen molar-refractivity contribution in [3.8, 4) is 5.75 Å². The Labute approximate surface area is 223 Å². The van der Waals surface area contributed by atoms with Gasteiger partial charge in [0.05, 0.1) is 17.7 Å². The molecule has 0 aliphatic carbocycles. The molecule has 0 saturated heterocycles. The monoisotopic (exact) mass is 489 g/mol. The molecule has 1 N–H and O–H groups in total. The summed E-state index contributed by atoms with van der Waals surface area (Å²) in [6.07, 6.45) is 20.4. The minimum absolute atomic E-state index is 0. The molecule has 0 saturated carbocycles. The number of nitrogens with one attached hydrogen (secondary N) is 1. The van der Waals surface area contributed by atoms with Crippen LogP contribution in [0.25, 0.3) is 0 Å². The van der Waals surface area contributed by atoms with Gasteiger partial charge < -0.3 is 14.6 Å². The van der Waals surface area contributed by atoms with E-state index in [1.165, 1.54) is 76.7 Å². The Balaban J connectivity index is 0.0000102. The third-order valence-electron chi connectivity index (χ3n) is 5.39. The molecule has 1 aromatic carbocycles. The van der Waals surface area contributed by atoms with E-state index in [0.29, 0.717) is 6.42 Å². The van der Waals surface area contributed by atoms with E-state index in [0.717, 1.165) is 32.1 Å². The van der Waals surface area contributed by atoms with Gasteiger partial charge in [0.25, 0.3) is 0 Å². The molecule has 0 spiro atoms. The predicted octanol–water partition coefficient (Wildman–Crippen LogP) is 3.58. The summed E-state index contributed by atoms with van der Waals surface area (Å²) >= 11 is 0. The van der Waals surface area contributed by atoms with E-state index in [1.54, 1.807) is 0 Å². The molecule has 8 heteroatoms. The van der Waals surface area contributed by atoms with Crippen LogP contribution in [0, 0.1) is 0 Å². The summed E-state index contributed by atoms with van der Waals surface area (Å²) in [5, 5.41) is 2.65. The molecule has 0 aromatic heterocycles. The summed E-state index contributed by atoms with van der Waals surface area (Å²) in [6.45, 7) is 2.24. The van der Waals surface area contributed by atoms with E-state index >= 15 is 0 Å². The topological polar surface area (TPSA) is 95.5 Å². The predicted molar refractivity (Wildman–Crippen MR) is 129 cm³/mol. The first kappa shape index (κ1) is 32.1. The number of amides is 1. The summed E-state index contributed by atoms with van der Waals surface area (Å²) < 4.78 is 39.0. The normalized spacial score (nSPS) is 11.4. The van der Waals surface area contributed by atoms with Crippen LogP contribution >= 0.6 is 0 Å². The maximum absolute atomic E-state index is 12.2. The number of methoxy groups -OCH3 is 1. The fraction of sp³-hybridized carbons (Fsp3) is 0.640. The Morgan fingerprint density at radius 3 is 2.03 bits per heavy atom. The zero-order chi connectivity index (χ0) is 23.7. The minimum Gasteiger partial charge on any atom is -0.744 e. The van der Waals surface area contributed by atoms with E-state index in [2.05, 4.69) is 24.4 Å². The van der Waals surface area contributed by atoms with Gasteiger partial charge in [-0.25, -0.2) is 8.42 Å². The number of allylic oxidation sites excluding steroid dienone is 2. The molecule has 6 nitrogen and oxygen atoms in total. The number of unbranched alkanes of at least 4 members (excludes halogenated alkanes) is 11. The number of hydrogen-bond acceptors (Lipinski definition) is 5. The Hall–Kier alpha value is -0.860. The summed E-state index contributed by atoms with van der Waals surface area (Å²) in [4.78, 5) is 11.7. The number of carbonyl (C=O) groups is 1. The van der Waals surface area contributed by atoms with Gasteiger partial charge in [-0.1, -0.05) is 76.5 Å². The third-order valence-corrected chi connectivity index (χ3v) is 6.25. The molecule has 33 heavy (non-hydrogen) atoms. The quantitative estimate of drug-likeness (QED) is 0.147. The summed E-state index contributed by atoms with van der Waals surface area (Å²) in [6, 6.07) is 4.09. The number of anilines is 1. The van der Waals surface area contributed by atoms with E-state index in [1.807, 2.05) is 0 Å². The largest absolute Gasteiger partial charge is 1.00 e. The van der Waals surface area contributed by atoms with Crippen LogP contribution in [-0.4, -0.2) is 26.0 Å². The van der Waals surface area contributed by atoms with Crippen LogP contribution in [-0.2, 0) is 14.9 Å². The number of benzene rings is 1. The second-order valence-electron chi connectivity index (χ2n) is 8.17. The molecule has 0 radical (unpaired) electrons. The number of rotatable bonds is 18. The van der Waals surface area contributed by atoms with Gasteiger partial charge >= 0.3 is 29.6 Å². The van der Waals surface area contributed by atoms with E-state index in [-0.39, 0.29) is 46.9 Å². The first-order chi connectivity index (χ1) is 15.4. The zero-order valence-corrected chi connectivity index (χ0v) is 23.6. The van der Waals surface area contributed by atoms with Crippen molar-refractivity contribution < 1.29 is 52.1 Å². The van der Waals surface area contributed by atoms with Gasteiger partial charge in [-0.05, 0) is 44.2 Å². The van der Waals surface area contributed by atoms with Crippen molar-refractivity contribution in [2.24, 2.45) is 0 Å². The minimum atomic E-state index is -4.68. The molecule has 182 valence electrons. The SMILES string of the molecule is CCCCCCCC/C=C\CCCCCCCC(=O)Nc1cccc(S(=O)(=O)[O-])c1OC.[Na+]. The van der Waals surface area contributed by atoms with Crippen molar-refractivity contribution >= 4 is 21.7 Å². The molecule has 0 fully saturated rings. The average Bonchev–Trinajstić information content (AvgIpc) is 2.75. The fourth-order valence-electron chi connectivity index (χ4n) is 3.59. The summed E-state index contributed by atoms with van der Waals surface area (Å²) in [5.41, 5.74) is 0.196. The molecule has 0 aliphatic heterocycles. The van der Waals surface area contributed by atoms with Gasteiger partial charge in [0.15, 0.2) is 5.75 Å². The average molecular weight is 490 g/mol. The summed E-state index contributed by atoms with van der Waals surface area (Å²) in [5.74, 6) is -0.346. The van der Waals surface area contributed by atoms with Crippen molar-refractivity contribution in [3.63, 3.8) is 0 Å². The number of para-hydroxylation sites is 1. The zero-order valence-electron chi connectivity index (χ0n) is 20.7. The molecule has 1 aromatic rings. The van der Waals surface area contributed by atoms with Gasteiger partial charge in [-0.15, -0.1) is 0 Å². The van der Waals surface area contributed by atoms with Crippen molar-refractivity contribution in [1.82, 2.24) is 0 Å². The first-order valence-corrected chi connectivity index (χ1v) is 13.4. The van der Waals surface area contributed by atoms with Crippen LogP contribution < -0.4 is 39.6 Å². The van der Waals surface area contributed by atoms with Gasteiger partial charge in [0.1, 0.15) is 10.1 Å². The second-order valence-corrected chi connectivity index (χ2v) is 9.52. The molecule has 1 rings (SSSR count). The molecule has 0 aliphatic rings. The van der Waals surface area contributed by atoms with Gasteiger partial charge in [0, 0.05) is 6.42 Å². The van der Waals surface area contributed by atoms with Gasteiger partial charge in [-0.2, -0.15) is 0 Å². The second kappa shape index (κ2) is 19.4. The fourth-order valence-corrected chi connectivity index (χ4v) is 4.26. The van der Waals surface area contributed by atoms with E-state index in [9.17, 15) is 17.8 Å². The Morgan fingerprint density at radius 1 is 0.939 bits per heavy atom. The Kier molecular flexibility index (Phi) is 18.9. The molecular weight excluding hydrogens is 449 g/mol. The van der Waals surface area contributed by atoms with Crippen molar-refractivity contribution in [2.45, 2.75) is 102 Å². The molecule has 0 heterocycles. The van der Waals surface area contributed by atoms with Crippen LogP contribution in [0.4, 0.5) is 5.69 Å². The van der Waals surface area contributed by atoms with E-state index < -0.39 is 15.0 Å². The van der Waals surface area contributed by atoms with Crippen LogP contribution in [0.15, 0.2) is 35.2 Å². The maximum Gasteiger partial charge on any atom is 1.00 e. The Bertz CT molecular complexity index is 796.